The molecule has 0 bridgehead atoms. The van der Waals surface area contributed by atoms with Gasteiger partial charge in [0.05, 0.1) is 18.8 Å². The summed E-state index contributed by atoms with van der Waals surface area (Å²) < 4.78 is 16.8. The molecule has 5 heteroatoms. The third-order valence-electron chi connectivity index (χ3n) is 6.76. The Kier molecular flexibility index (Phi) is 13.9. The molecule has 0 aliphatic carbocycles. The van der Waals surface area contributed by atoms with Crippen LogP contribution in [0, 0.1) is 11.3 Å². The second-order valence-corrected chi connectivity index (χ2v) is 9.87. The summed E-state index contributed by atoms with van der Waals surface area (Å²) >= 11 is 0. The highest BCUT2D eigenvalue weighted by atomic mass is 16.5. The van der Waals surface area contributed by atoms with Gasteiger partial charge in [0.2, 0.25) is 0 Å². The van der Waals surface area contributed by atoms with E-state index in [0.29, 0.717) is 24.5 Å². The smallest absolute Gasteiger partial charge is 0.330 e. The van der Waals surface area contributed by atoms with Crippen molar-refractivity contribution in [2.75, 3.05) is 13.2 Å². The Hall–Kier alpha value is -4.04. The summed E-state index contributed by atoms with van der Waals surface area (Å²) in [6.45, 7) is 5.07. The van der Waals surface area contributed by atoms with E-state index in [1.165, 1.54) is 51.0 Å². The van der Waals surface area contributed by atoms with Crippen LogP contribution in [-0.2, 0) is 16.1 Å². The molecule has 3 aromatic carbocycles. The topological polar surface area (TPSA) is 68.6 Å². The van der Waals surface area contributed by atoms with Crippen LogP contribution >= 0.6 is 0 Å². The standard InChI is InChI=1S/C35H41NO4/c1-2-35(37)39-26-14-10-8-6-4-3-5-7-9-13-25-38-33-23-21-31(22-24-33)30-19-17-29(18-20-30)28-40-34-16-12-11-15-32(34)27-36/h2,11-12,15-24H,1,3-10,13-14,25-26,28H2. The van der Waals surface area contributed by atoms with Crippen LogP contribution in [0.2, 0.25) is 0 Å². The molecule has 0 saturated carbocycles. The molecule has 0 unspecified atom stereocenters. The quantitative estimate of drug-likeness (QED) is 0.0865. The first kappa shape index (κ1) is 30.5. The lowest BCUT2D eigenvalue weighted by Crippen LogP contribution is -2.01. The Balaban J connectivity index is 1.23. The molecule has 0 amide bonds. The lowest BCUT2D eigenvalue weighted by Gasteiger charge is -2.10. The number of hydrogen-bond donors (Lipinski definition) is 0. The molecule has 0 aliphatic heterocycles. The summed E-state index contributed by atoms with van der Waals surface area (Å²) in [7, 11) is 0. The number of nitriles is 1. The number of benzene rings is 3. The minimum Gasteiger partial charge on any atom is -0.494 e. The van der Waals surface area contributed by atoms with E-state index in [1.54, 1.807) is 6.07 Å². The molecule has 5 nitrogen and oxygen atoms in total. The van der Waals surface area contributed by atoms with Crippen LogP contribution in [-0.4, -0.2) is 19.2 Å². The third kappa shape index (κ3) is 11.4. The summed E-state index contributed by atoms with van der Waals surface area (Å²) in [6, 6.07) is 26.0. The van der Waals surface area contributed by atoms with Crippen LogP contribution in [0.1, 0.15) is 75.3 Å². The Bertz CT molecular complexity index is 1200. The van der Waals surface area contributed by atoms with Gasteiger partial charge in [-0.25, -0.2) is 4.79 Å². The fraction of sp³-hybridized carbons (Fsp3) is 0.371. The van der Waals surface area contributed by atoms with Crippen molar-refractivity contribution in [2.45, 2.75) is 70.8 Å². The van der Waals surface area contributed by atoms with E-state index in [2.05, 4.69) is 49.0 Å². The van der Waals surface area contributed by atoms with Gasteiger partial charge in [-0.05, 0) is 53.8 Å². The summed E-state index contributed by atoms with van der Waals surface area (Å²) in [4.78, 5) is 11.0. The lowest BCUT2D eigenvalue weighted by molar-refractivity contribution is -0.137. The van der Waals surface area contributed by atoms with Gasteiger partial charge >= 0.3 is 5.97 Å². The average molecular weight is 540 g/mol. The minimum atomic E-state index is -0.328. The van der Waals surface area contributed by atoms with E-state index >= 15 is 0 Å². The van der Waals surface area contributed by atoms with Crippen molar-refractivity contribution in [1.82, 2.24) is 0 Å². The van der Waals surface area contributed by atoms with Crippen molar-refractivity contribution < 1.29 is 19.0 Å². The molecule has 0 spiro atoms. The summed E-state index contributed by atoms with van der Waals surface area (Å²) in [6.07, 6.45) is 13.1. The predicted octanol–water partition coefficient (Wildman–Crippen LogP) is 8.81. The van der Waals surface area contributed by atoms with Gasteiger partial charge < -0.3 is 14.2 Å². The van der Waals surface area contributed by atoms with Gasteiger partial charge in [-0.15, -0.1) is 0 Å². The number of nitrogens with zero attached hydrogens (tertiary/aromatic N) is 1. The monoisotopic (exact) mass is 539 g/mol. The van der Waals surface area contributed by atoms with Gasteiger partial charge in [-0.3, -0.25) is 0 Å². The SMILES string of the molecule is C=CC(=O)OCCCCCCCCCCCCOc1ccc(-c2ccc(COc3ccccc3C#N)cc2)cc1. The second-order valence-electron chi connectivity index (χ2n) is 9.87. The number of carbonyl (C=O) groups is 1. The molecule has 0 saturated heterocycles. The van der Waals surface area contributed by atoms with E-state index in [1.807, 2.05) is 30.3 Å². The third-order valence-corrected chi connectivity index (χ3v) is 6.76. The minimum absolute atomic E-state index is 0.328. The van der Waals surface area contributed by atoms with Gasteiger partial charge in [0, 0.05) is 6.08 Å². The number of unbranched alkanes of at least 4 members (excludes halogenated alkanes) is 9. The maximum atomic E-state index is 11.0. The Morgan fingerprint density at radius 2 is 1.25 bits per heavy atom. The van der Waals surface area contributed by atoms with Gasteiger partial charge in [-0.1, -0.05) is 106 Å². The highest BCUT2D eigenvalue weighted by Gasteiger charge is 2.04. The van der Waals surface area contributed by atoms with Gasteiger partial charge in [0.1, 0.15) is 24.2 Å². The molecule has 0 aromatic heterocycles. The van der Waals surface area contributed by atoms with E-state index in [-0.39, 0.29) is 5.97 Å². The molecule has 40 heavy (non-hydrogen) atoms. The van der Waals surface area contributed by atoms with Crippen LogP contribution in [0.25, 0.3) is 11.1 Å². The fourth-order valence-electron chi connectivity index (χ4n) is 4.42. The van der Waals surface area contributed by atoms with Gasteiger partial charge in [-0.2, -0.15) is 5.26 Å². The van der Waals surface area contributed by atoms with Crippen molar-refractivity contribution in [3.8, 4) is 28.7 Å². The van der Waals surface area contributed by atoms with Gasteiger partial charge in [0.25, 0.3) is 0 Å². The zero-order valence-corrected chi connectivity index (χ0v) is 23.5. The molecular formula is C35H41NO4. The van der Waals surface area contributed by atoms with Crippen molar-refractivity contribution >= 4 is 5.97 Å². The number of ether oxygens (including phenoxy) is 3. The first-order valence-electron chi connectivity index (χ1n) is 14.4. The van der Waals surface area contributed by atoms with Crippen molar-refractivity contribution in [3.63, 3.8) is 0 Å². The maximum Gasteiger partial charge on any atom is 0.330 e. The van der Waals surface area contributed by atoms with Crippen molar-refractivity contribution in [2.24, 2.45) is 0 Å². The molecular weight excluding hydrogens is 498 g/mol. The zero-order chi connectivity index (χ0) is 28.3. The molecule has 0 N–H and O–H groups in total. The van der Waals surface area contributed by atoms with Crippen LogP contribution in [0.5, 0.6) is 11.5 Å². The number of carbonyl (C=O) groups excluding carboxylic acids is 1. The number of esters is 1. The van der Waals surface area contributed by atoms with E-state index in [0.717, 1.165) is 48.3 Å². The predicted molar refractivity (Wildman–Crippen MR) is 160 cm³/mol. The highest BCUT2D eigenvalue weighted by molar-refractivity contribution is 5.81. The largest absolute Gasteiger partial charge is 0.494 e. The van der Waals surface area contributed by atoms with E-state index < -0.39 is 0 Å². The average Bonchev–Trinajstić information content (AvgIpc) is 3.00. The van der Waals surface area contributed by atoms with E-state index in [9.17, 15) is 10.1 Å². The summed E-state index contributed by atoms with van der Waals surface area (Å²) in [5.41, 5.74) is 3.88. The highest BCUT2D eigenvalue weighted by Crippen LogP contribution is 2.24. The molecule has 3 rings (SSSR count). The van der Waals surface area contributed by atoms with Crippen LogP contribution in [0.15, 0.2) is 85.5 Å². The normalized spacial score (nSPS) is 10.5. The molecule has 0 fully saturated rings. The molecule has 0 radical (unpaired) electrons. The van der Waals surface area contributed by atoms with Crippen molar-refractivity contribution in [1.29, 1.82) is 5.26 Å². The van der Waals surface area contributed by atoms with Crippen molar-refractivity contribution in [3.05, 3.63) is 96.6 Å². The Morgan fingerprint density at radius 1 is 0.700 bits per heavy atom. The Labute approximate surface area is 239 Å². The molecule has 0 atom stereocenters. The summed E-state index contributed by atoms with van der Waals surface area (Å²) in [5, 5.41) is 9.20. The van der Waals surface area contributed by atoms with Crippen LogP contribution < -0.4 is 9.47 Å². The first-order chi connectivity index (χ1) is 19.7. The lowest BCUT2D eigenvalue weighted by atomic mass is 10.0. The molecule has 210 valence electrons. The Morgan fingerprint density at radius 3 is 1.85 bits per heavy atom. The van der Waals surface area contributed by atoms with E-state index in [4.69, 9.17) is 14.2 Å². The second kappa shape index (κ2) is 18.3. The zero-order valence-electron chi connectivity index (χ0n) is 23.5. The summed E-state index contributed by atoms with van der Waals surface area (Å²) in [5.74, 6) is 1.19. The maximum absolute atomic E-state index is 11.0. The number of rotatable bonds is 19. The van der Waals surface area contributed by atoms with Gasteiger partial charge in [0.15, 0.2) is 0 Å². The first-order valence-corrected chi connectivity index (χ1v) is 14.4. The number of hydrogen-bond acceptors (Lipinski definition) is 5. The van der Waals surface area contributed by atoms with Crippen LogP contribution in [0.4, 0.5) is 0 Å². The molecule has 3 aromatic rings. The molecule has 0 aliphatic rings. The number of para-hydroxylation sites is 1. The van der Waals surface area contributed by atoms with Crippen LogP contribution in [0.3, 0.4) is 0 Å². The fourth-order valence-corrected chi connectivity index (χ4v) is 4.42. The molecule has 0 heterocycles.